The van der Waals surface area contributed by atoms with E-state index in [9.17, 15) is 9.18 Å². The molecule has 74 valence electrons. The van der Waals surface area contributed by atoms with Gasteiger partial charge in [-0.25, -0.2) is 4.39 Å². The third-order valence-corrected chi connectivity index (χ3v) is 1.69. The fourth-order valence-corrected chi connectivity index (χ4v) is 1.17. The van der Waals surface area contributed by atoms with Crippen LogP contribution in [-0.2, 0) is 4.79 Å². The number of rotatable bonds is 3. The van der Waals surface area contributed by atoms with Gasteiger partial charge in [0.15, 0.2) is 0 Å². The number of carbonyl (C=O) groups is 1. The summed E-state index contributed by atoms with van der Waals surface area (Å²) in [7, 11) is 0. The minimum atomic E-state index is -0.394. The zero-order valence-electron chi connectivity index (χ0n) is 7.96. The quantitative estimate of drug-likeness (QED) is 0.784. The molecule has 0 bridgehead atoms. The average Bonchev–Trinajstić information content (AvgIpc) is 2.01. The molecule has 1 rings (SSSR count). The highest BCUT2D eigenvalue weighted by atomic mass is 19.1. The maximum absolute atomic E-state index is 12.9. The van der Waals surface area contributed by atoms with Crippen molar-refractivity contribution in [2.45, 2.75) is 13.3 Å². The van der Waals surface area contributed by atoms with Crippen LogP contribution in [0.15, 0.2) is 24.3 Å². The third kappa shape index (κ3) is 3.39. The molecule has 1 aromatic rings. The molecule has 14 heavy (non-hydrogen) atoms. The van der Waals surface area contributed by atoms with Gasteiger partial charge in [-0.1, -0.05) is 18.2 Å². The van der Waals surface area contributed by atoms with Gasteiger partial charge in [0.2, 0.25) is 5.91 Å². The highest BCUT2D eigenvalue weighted by Crippen LogP contribution is 2.09. The molecule has 3 heteroatoms. The van der Waals surface area contributed by atoms with E-state index < -0.39 is 5.91 Å². The van der Waals surface area contributed by atoms with Crippen LogP contribution >= 0.6 is 0 Å². The standard InChI is InChI=1S/C11H12FNO/c1-8-5-9(7-10(12)6-8)3-2-4-11(13)14/h2-3,5-7H,4H2,1H3,(H2,13,14). The fourth-order valence-electron chi connectivity index (χ4n) is 1.17. The van der Waals surface area contributed by atoms with Crippen LogP contribution in [-0.4, -0.2) is 5.91 Å². The number of halogens is 1. The van der Waals surface area contributed by atoms with Crippen LogP contribution in [0.3, 0.4) is 0 Å². The second-order valence-electron chi connectivity index (χ2n) is 3.13. The second-order valence-corrected chi connectivity index (χ2v) is 3.13. The SMILES string of the molecule is Cc1cc(F)cc(C=CCC(N)=O)c1. The van der Waals surface area contributed by atoms with Crippen molar-refractivity contribution in [3.63, 3.8) is 0 Å². The number of aryl methyl sites for hydroxylation is 1. The Hall–Kier alpha value is -1.64. The number of primary amides is 1. The summed E-state index contributed by atoms with van der Waals surface area (Å²) in [6.07, 6.45) is 3.48. The lowest BCUT2D eigenvalue weighted by atomic mass is 10.1. The van der Waals surface area contributed by atoms with Gasteiger partial charge >= 0.3 is 0 Å². The van der Waals surface area contributed by atoms with E-state index in [1.54, 1.807) is 12.2 Å². The Balaban J connectivity index is 2.76. The highest BCUT2D eigenvalue weighted by molar-refractivity contribution is 5.76. The molecule has 1 amide bonds. The van der Waals surface area contributed by atoms with Crippen molar-refractivity contribution in [2.75, 3.05) is 0 Å². The van der Waals surface area contributed by atoms with Crippen LogP contribution in [0.2, 0.25) is 0 Å². The molecule has 0 saturated carbocycles. The number of benzene rings is 1. The molecule has 0 aliphatic carbocycles. The van der Waals surface area contributed by atoms with Gasteiger partial charge in [-0.15, -0.1) is 0 Å². The van der Waals surface area contributed by atoms with Crippen LogP contribution in [0.4, 0.5) is 4.39 Å². The van der Waals surface area contributed by atoms with Gasteiger partial charge in [0.25, 0.3) is 0 Å². The van der Waals surface area contributed by atoms with Gasteiger partial charge in [0.1, 0.15) is 5.82 Å². The third-order valence-electron chi connectivity index (χ3n) is 1.69. The fraction of sp³-hybridized carbons (Fsp3) is 0.182. The Morgan fingerprint density at radius 2 is 2.21 bits per heavy atom. The predicted octanol–water partition coefficient (Wildman–Crippen LogP) is 2.02. The van der Waals surface area contributed by atoms with Crippen LogP contribution in [0.5, 0.6) is 0 Å². The van der Waals surface area contributed by atoms with Gasteiger partial charge in [-0.05, 0) is 30.2 Å². The Labute approximate surface area is 82.2 Å². The molecular weight excluding hydrogens is 181 g/mol. The van der Waals surface area contributed by atoms with Gasteiger partial charge in [-0.3, -0.25) is 4.79 Å². The van der Waals surface area contributed by atoms with Gasteiger partial charge in [0.05, 0.1) is 0 Å². The van der Waals surface area contributed by atoms with E-state index in [0.29, 0.717) is 0 Å². The molecule has 0 aromatic heterocycles. The van der Waals surface area contributed by atoms with Crippen molar-refractivity contribution in [3.8, 4) is 0 Å². The zero-order chi connectivity index (χ0) is 10.6. The molecule has 0 unspecified atom stereocenters. The van der Waals surface area contributed by atoms with E-state index in [1.807, 2.05) is 13.0 Å². The summed E-state index contributed by atoms with van der Waals surface area (Å²) >= 11 is 0. The molecule has 2 nitrogen and oxygen atoms in total. The molecule has 1 aromatic carbocycles. The number of nitrogens with two attached hydrogens (primary N) is 1. The maximum atomic E-state index is 12.9. The van der Waals surface area contributed by atoms with E-state index >= 15 is 0 Å². The molecule has 0 atom stereocenters. The van der Waals surface area contributed by atoms with Crippen LogP contribution in [0.25, 0.3) is 6.08 Å². The first-order valence-corrected chi connectivity index (χ1v) is 4.30. The lowest BCUT2D eigenvalue weighted by molar-refractivity contribution is -0.117. The summed E-state index contributed by atoms with van der Waals surface area (Å²) in [6, 6.07) is 4.69. The van der Waals surface area contributed by atoms with Crippen molar-refractivity contribution in [1.82, 2.24) is 0 Å². The first-order valence-electron chi connectivity index (χ1n) is 4.30. The first kappa shape index (κ1) is 10.4. The van der Waals surface area contributed by atoms with E-state index in [-0.39, 0.29) is 12.2 Å². The van der Waals surface area contributed by atoms with Gasteiger partial charge < -0.3 is 5.73 Å². The molecule has 0 spiro atoms. The minimum Gasteiger partial charge on any atom is -0.369 e. The second kappa shape index (κ2) is 4.56. The summed E-state index contributed by atoms with van der Waals surface area (Å²) in [5.74, 6) is -0.668. The molecular formula is C11H12FNO. The monoisotopic (exact) mass is 193 g/mol. The van der Waals surface area contributed by atoms with E-state index in [0.717, 1.165) is 11.1 Å². The van der Waals surface area contributed by atoms with Crippen molar-refractivity contribution >= 4 is 12.0 Å². The predicted molar refractivity (Wildman–Crippen MR) is 54.0 cm³/mol. The summed E-state index contributed by atoms with van der Waals surface area (Å²) in [6.45, 7) is 1.81. The van der Waals surface area contributed by atoms with Crippen LogP contribution < -0.4 is 5.73 Å². The van der Waals surface area contributed by atoms with Crippen molar-refractivity contribution < 1.29 is 9.18 Å². The van der Waals surface area contributed by atoms with E-state index in [1.165, 1.54) is 12.1 Å². The normalized spacial score (nSPS) is 10.7. The summed E-state index contributed by atoms with van der Waals surface area (Å²) in [4.78, 5) is 10.4. The lowest BCUT2D eigenvalue weighted by Crippen LogP contribution is -2.07. The van der Waals surface area contributed by atoms with Crippen molar-refractivity contribution in [2.24, 2.45) is 5.73 Å². The number of hydrogen-bond acceptors (Lipinski definition) is 1. The Morgan fingerprint density at radius 1 is 1.50 bits per heavy atom. The molecule has 0 fully saturated rings. The molecule has 2 N–H and O–H groups in total. The zero-order valence-corrected chi connectivity index (χ0v) is 7.96. The molecule has 0 heterocycles. The van der Waals surface area contributed by atoms with Crippen LogP contribution in [0.1, 0.15) is 17.5 Å². The van der Waals surface area contributed by atoms with E-state index in [2.05, 4.69) is 0 Å². The van der Waals surface area contributed by atoms with Crippen molar-refractivity contribution in [3.05, 3.63) is 41.2 Å². The largest absolute Gasteiger partial charge is 0.369 e. The molecule has 0 radical (unpaired) electrons. The Bertz CT molecular complexity index is 351. The summed E-state index contributed by atoms with van der Waals surface area (Å²) in [5.41, 5.74) is 6.54. The van der Waals surface area contributed by atoms with Gasteiger partial charge in [-0.2, -0.15) is 0 Å². The summed E-state index contributed by atoms with van der Waals surface area (Å²) < 4.78 is 12.9. The molecule has 0 saturated heterocycles. The Kier molecular flexibility index (Phi) is 3.40. The van der Waals surface area contributed by atoms with Gasteiger partial charge in [0, 0.05) is 6.42 Å². The number of carbonyl (C=O) groups excluding carboxylic acids is 1. The minimum absolute atomic E-state index is 0.176. The highest BCUT2D eigenvalue weighted by Gasteiger charge is 1.94. The van der Waals surface area contributed by atoms with E-state index in [4.69, 9.17) is 5.73 Å². The summed E-state index contributed by atoms with van der Waals surface area (Å²) in [5, 5.41) is 0. The van der Waals surface area contributed by atoms with Crippen molar-refractivity contribution in [1.29, 1.82) is 0 Å². The maximum Gasteiger partial charge on any atom is 0.221 e. The average molecular weight is 193 g/mol. The molecule has 0 aliphatic heterocycles. The first-order chi connectivity index (χ1) is 6.58. The molecule has 0 aliphatic rings. The topological polar surface area (TPSA) is 43.1 Å². The number of amides is 1. The lowest BCUT2D eigenvalue weighted by Gasteiger charge is -1.97. The Morgan fingerprint density at radius 3 is 2.79 bits per heavy atom. The van der Waals surface area contributed by atoms with Crippen LogP contribution in [0, 0.1) is 12.7 Å². The number of hydrogen-bond donors (Lipinski definition) is 1. The smallest absolute Gasteiger partial charge is 0.221 e.